The zero-order chi connectivity index (χ0) is 14.8. The number of benzene rings is 1. The van der Waals surface area contributed by atoms with Crippen LogP contribution in [0.1, 0.15) is 29.6 Å². The lowest BCUT2D eigenvalue weighted by molar-refractivity contribution is 0.0781. The Kier molecular flexibility index (Phi) is 4.10. The van der Waals surface area contributed by atoms with Crippen LogP contribution in [0.25, 0.3) is 0 Å². The van der Waals surface area contributed by atoms with Crippen molar-refractivity contribution < 1.29 is 14.3 Å². The maximum Gasteiger partial charge on any atom is 0.253 e. The van der Waals surface area contributed by atoms with Crippen molar-refractivity contribution in [1.82, 2.24) is 4.90 Å². The van der Waals surface area contributed by atoms with Gasteiger partial charge in [0.25, 0.3) is 5.91 Å². The predicted molar refractivity (Wildman–Crippen MR) is 78.9 cm³/mol. The molecule has 3 rings (SSSR count). The van der Waals surface area contributed by atoms with Crippen molar-refractivity contribution in [2.75, 3.05) is 37.7 Å². The van der Waals surface area contributed by atoms with Gasteiger partial charge in [-0.1, -0.05) is 0 Å². The van der Waals surface area contributed by atoms with Gasteiger partial charge in [0.05, 0.1) is 5.69 Å². The number of likely N-dealkylation sites (tertiary alicyclic amines) is 1. The number of anilines is 1. The van der Waals surface area contributed by atoms with Gasteiger partial charge < -0.3 is 14.9 Å². The summed E-state index contributed by atoms with van der Waals surface area (Å²) in [4.78, 5) is 16.1. The van der Waals surface area contributed by atoms with Gasteiger partial charge in [-0.15, -0.1) is 0 Å². The first-order valence-corrected chi connectivity index (χ1v) is 7.63. The molecule has 5 heteroatoms. The molecular formula is C16H21FN2O2. The molecule has 2 heterocycles. The van der Waals surface area contributed by atoms with Crippen molar-refractivity contribution >= 4 is 11.6 Å². The van der Waals surface area contributed by atoms with E-state index in [1.54, 1.807) is 17.0 Å². The number of aliphatic hydroxyl groups excluding tert-OH is 1. The molecule has 1 aromatic rings. The van der Waals surface area contributed by atoms with Crippen LogP contribution in [-0.4, -0.2) is 48.7 Å². The van der Waals surface area contributed by atoms with Crippen LogP contribution >= 0.6 is 0 Å². The van der Waals surface area contributed by atoms with E-state index in [0.29, 0.717) is 24.3 Å². The average Bonchev–Trinajstić information content (AvgIpc) is 3.17. The highest BCUT2D eigenvalue weighted by molar-refractivity contribution is 5.94. The summed E-state index contributed by atoms with van der Waals surface area (Å²) >= 11 is 0. The fourth-order valence-electron chi connectivity index (χ4n) is 3.20. The first kappa shape index (κ1) is 14.3. The van der Waals surface area contributed by atoms with Crippen LogP contribution in [-0.2, 0) is 0 Å². The van der Waals surface area contributed by atoms with Crippen molar-refractivity contribution in [2.45, 2.75) is 19.3 Å². The number of halogens is 1. The molecule has 21 heavy (non-hydrogen) atoms. The van der Waals surface area contributed by atoms with E-state index in [2.05, 4.69) is 0 Å². The Balaban J connectivity index is 1.74. The van der Waals surface area contributed by atoms with Crippen molar-refractivity contribution in [3.05, 3.63) is 29.6 Å². The highest BCUT2D eigenvalue weighted by Gasteiger charge is 2.27. The molecule has 0 bridgehead atoms. The summed E-state index contributed by atoms with van der Waals surface area (Å²) in [6.45, 7) is 3.07. The molecule has 0 saturated carbocycles. The Morgan fingerprint density at radius 1 is 1.29 bits per heavy atom. The maximum absolute atomic E-state index is 14.2. The Bertz CT molecular complexity index is 529. The van der Waals surface area contributed by atoms with Crippen LogP contribution in [0, 0.1) is 11.7 Å². The highest BCUT2D eigenvalue weighted by Crippen LogP contribution is 2.26. The number of carbonyl (C=O) groups excluding carboxylic acids is 1. The van der Waals surface area contributed by atoms with Crippen LogP contribution in [0.2, 0.25) is 0 Å². The zero-order valence-electron chi connectivity index (χ0n) is 12.1. The molecule has 4 nitrogen and oxygen atoms in total. The minimum Gasteiger partial charge on any atom is -0.396 e. The van der Waals surface area contributed by atoms with Gasteiger partial charge in [-0.3, -0.25) is 4.79 Å². The normalized spacial score (nSPS) is 22.1. The van der Waals surface area contributed by atoms with Gasteiger partial charge in [0.1, 0.15) is 5.82 Å². The zero-order valence-corrected chi connectivity index (χ0v) is 12.1. The van der Waals surface area contributed by atoms with E-state index in [1.807, 2.05) is 4.90 Å². The van der Waals surface area contributed by atoms with Gasteiger partial charge in [-0.25, -0.2) is 4.39 Å². The molecule has 0 aliphatic carbocycles. The molecule has 114 valence electrons. The molecule has 1 amide bonds. The third kappa shape index (κ3) is 2.88. The maximum atomic E-state index is 14.2. The number of hydrogen-bond donors (Lipinski definition) is 1. The fraction of sp³-hybridized carbons (Fsp3) is 0.562. The minimum atomic E-state index is -0.319. The Morgan fingerprint density at radius 2 is 2.05 bits per heavy atom. The molecule has 2 aliphatic heterocycles. The lowest BCUT2D eigenvalue weighted by atomic mass is 10.1. The largest absolute Gasteiger partial charge is 0.396 e. The second-order valence-electron chi connectivity index (χ2n) is 5.95. The van der Waals surface area contributed by atoms with Crippen LogP contribution in [0.4, 0.5) is 10.1 Å². The van der Waals surface area contributed by atoms with Crippen LogP contribution in [0.5, 0.6) is 0 Å². The van der Waals surface area contributed by atoms with Crippen molar-refractivity contribution in [3.8, 4) is 0 Å². The number of nitrogens with zero attached hydrogens (tertiary/aromatic N) is 2. The van der Waals surface area contributed by atoms with Gasteiger partial charge in [-0.05, 0) is 37.5 Å². The average molecular weight is 292 g/mol. The summed E-state index contributed by atoms with van der Waals surface area (Å²) in [7, 11) is 0. The van der Waals surface area contributed by atoms with Gasteiger partial charge in [0.15, 0.2) is 0 Å². The van der Waals surface area contributed by atoms with Crippen LogP contribution in [0.15, 0.2) is 18.2 Å². The predicted octanol–water partition coefficient (Wildman–Crippen LogP) is 1.88. The third-order valence-electron chi connectivity index (χ3n) is 4.47. The smallest absolute Gasteiger partial charge is 0.253 e. The molecule has 1 unspecified atom stereocenters. The van der Waals surface area contributed by atoms with E-state index in [0.717, 1.165) is 32.4 Å². The Labute approximate surface area is 124 Å². The SMILES string of the molecule is O=C(c1ccc(N2CCCC2)c(F)c1)N1CCC(CO)C1. The minimum absolute atomic E-state index is 0.103. The van der Waals surface area contributed by atoms with Crippen molar-refractivity contribution in [2.24, 2.45) is 5.92 Å². The number of carbonyl (C=O) groups is 1. The molecule has 0 spiro atoms. The molecule has 2 aliphatic rings. The molecule has 1 atom stereocenters. The van der Waals surface area contributed by atoms with Gasteiger partial charge in [0.2, 0.25) is 0 Å². The molecule has 2 fully saturated rings. The summed E-state index contributed by atoms with van der Waals surface area (Å²) in [5.41, 5.74) is 0.993. The summed E-state index contributed by atoms with van der Waals surface area (Å²) in [5.74, 6) is -0.304. The van der Waals surface area contributed by atoms with Gasteiger partial charge in [0, 0.05) is 44.3 Å². The third-order valence-corrected chi connectivity index (χ3v) is 4.47. The van der Waals surface area contributed by atoms with Gasteiger partial charge >= 0.3 is 0 Å². The Hall–Kier alpha value is -1.62. The molecule has 1 aromatic carbocycles. The second kappa shape index (κ2) is 6.02. The number of rotatable bonds is 3. The van der Waals surface area contributed by atoms with E-state index in [-0.39, 0.29) is 24.2 Å². The number of hydrogen-bond acceptors (Lipinski definition) is 3. The fourth-order valence-corrected chi connectivity index (χ4v) is 3.20. The molecule has 0 aromatic heterocycles. The van der Waals surface area contributed by atoms with E-state index < -0.39 is 0 Å². The van der Waals surface area contributed by atoms with Gasteiger partial charge in [-0.2, -0.15) is 0 Å². The topological polar surface area (TPSA) is 43.8 Å². The first-order valence-electron chi connectivity index (χ1n) is 7.63. The van der Waals surface area contributed by atoms with E-state index in [4.69, 9.17) is 5.11 Å². The second-order valence-corrected chi connectivity index (χ2v) is 5.95. The molecule has 1 N–H and O–H groups in total. The monoisotopic (exact) mass is 292 g/mol. The van der Waals surface area contributed by atoms with Crippen LogP contribution < -0.4 is 4.90 Å². The molecular weight excluding hydrogens is 271 g/mol. The number of amides is 1. The summed E-state index contributed by atoms with van der Waals surface area (Å²) in [6.07, 6.45) is 3.00. The van der Waals surface area contributed by atoms with Crippen molar-refractivity contribution in [3.63, 3.8) is 0 Å². The summed E-state index contributed by atoms with van der Waals surface area (Å²) in [6, 6.07) is 4.78. The lowest BCUT2D eigenvalue weighted by Gasteiger charge is -2.20. The van der Waals surface area contributed by atoms with E-state index >= 15 is 0 Å². The van der Waals surface area contributed by atoms with Crippen LogP contribution in [0.3, 0.4) is 0 Å². The standard InChI is InChI=1S/C16H21FN2O2/c17-14-9-13(3-4-15(14)18-6-1-2-7-18)16(21)19-8-5-12(10-19)11-20/h3-4,9,12,20H,1-2,5-8,10-11H2. The molecule has 2 saturated heterocycles. The quantitative estimate of drug-likeness (QED) is 0.925. The number of aliphatic hydroxyl groups is 1. The molecule has 0 radical (unpaired) electrons. The van der Waals surface area contributed by atoms with E-state index in [9.17, 15) is 9.18 Å². The highest BCUT2D eigenvalue weighted by atomic mass is 19.1. The van der Waals surface area contributed by atoms with E-state index in [1.165, 1.54) is 6.07 Å². The summed E-state index contributed by atoms with van der Waals surface area (Å²) in [5, 5.41) is 9.13. The summed E-state index contributed by atoms with van der Waals surface area (Å²) < 4.78 is 14.2. The lowest BCUT2D eigenvalue weighted by Crippen LogP contribution is -2.29. The Morgan fingerprint density at radius 3 is 2.67 bits per heavy atom. The first-order chi connectivity index (χ1) is 10.2. The van der Waals surface area contributed by atoms with Crippen molar-refractivity contribution in [1.29, 1.82) is 0 Å².